The molecule has 2 saturated heterocycles. The Morgan fingerprint density at radius 3 is 2.77 bits per heavy atom. The molecule has 168 valence electrons. The third-order valence-electron chi connectivity index (χ3n) is 5.62. The van der Waals surface area contributed by atoms with Gasteiger partial charge >= 0.3 is 0 Å². The van der Waals surface area contributed by atoms with Crippen molar-refractivity contribution in [1.82, 2.24) is 15.2 Å². The fourth-order valence-electron chi connectivity index (χ4n) is 3.94. The van der Waals surface area contributed by atoms with E-state index in [1.54, 1.807) is 7.11 Å². The Morgan fingerprint density at radius 1 is 1.27 bits per heavy atom. The van der Waals surface area contributed by atoms with Crippen molar-refractivity contribution < 1.29 is 14.2 Å². The number of nitrogens with zero attached hydrogens (tertiary/aromatic N) is 4. The molecule has 0 saturated carbocycles. The number of nitrogens with one attached hydrogen (secondary N) is 1. The summed E-state index contributed by atoms with van der Waals surface area (Å²) in [6.07, 6.45) is 5.57. The Hall–Kier alpha value is -1.90. The lowest BCUT2D eigenvalue weighted by Gasteiger charge is -2.34. The molecule has 2 fully saturated rings. The fourth-order valence-corrected chi connectivity index (χ4v) is 3.94. The third-order valence-corrected chi connectivity index (χ3v) is 5.62. The van der Waals surface area contributed by atoms with Gasteiger partial charge in [-0.15, -0.1) is 0 Å². The number of hydrogen-bond donors (Lipinski definition) is 1. The van der Waals surface area contributed by atoms with Crippen molar-refractivity contribution in [2.45, 2.75) is 44.9 Å². The lowest BCUT2D eigenvalue weighted by molar-refractivity contribution is 0.00989. The van der Waals surface area contributed by atoms with E-state index in [9.17, 15) is 0 Å². The van der Waals surface area contributed by atoms with Crippen LogP contribution in [0, 0.1) is 0 Å². The fraction of sp³-hybridized carbons (Fsp3) is 0.727. The second kappa shape index (κ2) is 12.1. The standard InChI is InChI=1S/C22H37N5O3/c1-18-17-27(11-14-29-18)21-6-5-19(15-24-21)16-25-22(23-2)26-9-7-20(8-10-26)30-13-4-12-28-3/h5-6,15,18,20H,4,7-14,16-17H2,1-3H3,(H,23,25). The van der Waals surface area contributed by atoms with Crippen LogP contribution in [0.2, 0.25) is 0 Å². The molecule has 0 aliphatic carbocycles. The first kappa shape index (κ1) is 22.8. The van der Waals surface area contributed by atoms with Gasteiger partial charge in [0.15, 0.2) is 5.96 Å². The zero-order valence-corrected chi connectivity index (χ0v) is 18.7. The van der Waals surface area contributed by atoms with Crippen LogP contribution < -0.4 is 10.2 Å². The van der Waals surface area contributed by atoms with E-state index in [-0.39, 0.29) is 6.10 Å². The summed E-state index contributed by atoms with van der Waals surface area (Å²) in [5.74, 6) is 1.96. The molecule has 0 aromatic carbocycles. The maximum Gasteiger partial charge on any atom is 0.193 e. The zero-order chi connectivity index (χ0) is 21.2. The summed E-state index contributed by atoms with van der Waals surface area (Å²) in [6, 6.07) is 4.24. The van der Waals surface area contributed by atoms with E-state index < -0.39 is 0 Å². The van der Waals surface area contributed by atoms with Gasteiger partial charge in [0.25, 0.3) is 0 Å². The van der Waals surface area contributed by atoms with Gasteiger partial charge in [0.1, 0.15) is 5.82 Å². The number of anilines is 1. The Kier molecular flexibility index (Phi) is 9.17. The minimum absolute atomic E-state index is 0.255. The Morgan fingerprint density at radius 2 is 2.10 bits per heavy atom. The molecule has 3 heterocycles. The van der Waals surface area contributed by atoms with Crippen molar-refractivity contribution in [2.75, 3.05) is 65.1 Å². The van der Waals surface area contributed by atoms with Crippen LogP contribution in [0.5, 0.6) is 0 Å². The van der Waals surface area contributed by atoms with Crippen molar-refractivity contribution in [3.05, 3.63) is 23.9 Å². The van der Waals surface area contributed by atoms with E-state index in [4.69, 9.17) is 14.2 Å². The Labute approximate surface area is 180 Å². The van der Waals surface area contributed by atoms with Crippen LogP contribution in [0.15, 0.2) is 23.3 Å². The molecule has 2 aliphatic heterocycles. The van der Waals surface area contributed by atoms with Crippen LogP contribution >= 0.6 is 0 Å². The molecule has 1 atom stereocenters. The number of pyridine rings is 1. The molecule has 8 nitrogen and oxygen atoms in total. The summed E-state index contributed by atoms with van der Waals surface area (Å²) < 4.78 is 16.6. The molecule has 1 aromatic rings. The Bertz CT molecular complexity index is 647. The maximum atomic E-state index is 5.96. The van der Waals surface area contributed by atoms with E-state index in [1.807, 2.05) is 13.2 Å². The summed E-state index contributed by atoms with van der Waals surface area (Å²) in [4.78, 5) is 13.7. The third kappa shape index (κ3) is 6.82. The van der Waals surface area contributed by atoms with Crippen molar-refractivity contribution >= 4 is 11.8 Å². The van der Waals surface area contributed by atoms with Gasteiger partial charge in [-0.1, -0.05) is 6.07 Å². The summed E-state index contributed by atoms with van der Waals surface area (Å²) in [5, 5.41) is 3.48. The summed E-state index contributed by atoms with van der Waals surface area (Å²) in [7, 11) is 3.57. The van der Waals surface area contributed by atoms with Crippen LogP contribution in [0.1, 0.15) is 31.7 Å². The number of hydrogen-bond acceptors (Lipinski definition) is 6. The average molecular weight is 420 g/mol. The van der Waals surface area contributed by atoms with E-state index in [1.165, 1.54) is 0 Å². The number of ether oxygens (including phenoxy) is 3. The highest BCUT2D eigenvalue weighted by atomic mass is 16.5. The van der Waals surface area contributed by atoms with Crippen LogP contribution in [-0.2, 0) is 20.8 Å². The number of aromatic nitrogens is 1. The predicted molar refractivity (Wildman–Crippen MR) is 119 cm³/mol. The van der Waals surface area contributed by atoms with Crippen molar-refractivity contribution in [3.8, 4) is 0 Å². The number of guanidine groups is 1. The van der Waals surface area contributed by atoms with Crippen molar-refractivity contribution in [1.29, 1.82) is 0 Å². The molecule has 8 heteroatoms. The quantitative estimate of drug-likeness (QED) is 0.392. The largest absolute Gasteiger partial charge is 0.385 e. The smallest absolute Gasteiger partial charge is 0.193 e. The van der Waals surface area contributed by atoms with Gasteiger partial charge in [-0.3, -0.25) is 4.99 Å². The van der Waals surface area contributed by atoms with Crippen LogP contribution in [0.25, 0.3) is 0 Å². The number of likely N-dealkylation sites (tertiary alicyclic amines) is 1. The molecule has 0 amide bonds. The molecule has 30 heavy (non-hydrogen) atoms. The van der Waals surface area contributed by atoms with Gasteiger partial charge in [0, 0.05) is 66.3 Å². The highest BCUT2D eigenvalue weighted by molar-refractivity contribution is 5.79. The topological polar surface area (TPSA) is 71.5 Å². The van der Waals surface area contributed by atoms with E-state index in [2.05, 4.69) is 44.1 Å². The minimum atomic E-state index is 0.255. The summed E-state index contributed by atoms with van der Waals surface area (Å²) in [5.41, 5.74) is 1.15. The first-order valence-corrected chi connectivity index (χ1v) is 11.1. The second-order valence-electron chi connectivity index (χ2n) is 7.96. The van der Waals surface area contributed by atoms with E-state index >= 15 is 0 Å². The molecule has 2 aliphatic rings. The number of aliphatic imine (C=N–C) groups is 1. The van der Waals surface area contributed by atoms with Gasteiger partial charge in [0.05, 0.1) is 18.8 Å². The molecule has 1 unspecified atom stereocenters. The molecule has 1 N–H and O–H groups in total. The molecule has 0 radical (unpaired) electrons. The van der Waals surface area contributed by atoms with Crippen molar-refractivity contribution in [3.63, 3.8) is 0 Å². The Balaban J connectivity index is 1.41. The van der Waals surface area contributed by atoms with Gasteiger partial charge < -0.3 is 29.3 Å². The zero-order valence-electron chi connectivity index (χ0n) is 18.7. The monoisotopic (exact) mass is 419 g/mol. The second-order valence-corrected chi connectivity index (χ2v) is 7.96. The molecular weight excluding hydrogens is 382 g/mol. The van der Waals surface area contributed by atoms with Gasteiger partial charge in [-0.2, -0.15) is 0 Å². The minimum Gasteiger partial charge on any atom is -0.385 e. The lowest BCUT2D eigenvalue weighted by atomic mass is 10.1. The number of rotatable bonds is 8. The van der Waals surface area contributed by atoms with Crippen LogP contribution in [-0.4, -0.2) is 88.2 Å². The summed E-state index contributed by atoms with van der Waals surface area (Å²) in [6.45, 7) is 8.82. The van der Waals surface area contributed by atoms with Gasteiger partial charge in [0.2, 0.25) is 0 Å². The highest BCUT2D eigenvalue weighted by Gasteiger charge is 2.22. The average Bonchev–Trinajstić information content (AvgIpc) is 2.78. The lowest BCUT2D eigenvalue weighted by Crippen LogP contribution is -2.46. The first-order valence-electron chi connectivity index (χ1n) is 11.1. The summed E-state index contributed by atoms with van der Waals surface area (Å²) >= 11 is 0. The van der Waals surface area contributed by atoms with Gasteiger partial charge in [-0.05, 0) is 37.8 Å². The van der Waals surface area contributed by atoms with Crippen LogP contribution in [0.3, 0.4) is 0 Å². The maximum absolute atomic E-state index is 5.96. The number of methoxy groups -OCH3 is 1. The van der Waals surface area contributed by atoms with E-state index in [0.717, 1.165) is 82.6 Å². The number of piperidine rings is 1. The van der Waals surface area contributed by atoms with Crippen molar-refractivity contribution in [2.24, 2.45) is 4.99 Å². The molecule has 0 spiro atoms. The van der Waals surface area contributed by atoms with Crippen LogP contribution in [0.4, 0.5) is 5.82 Å². The highest BCUT2D eigenvalue weighted by Crippen LogP contribution is 2.16. The molecule has 1 aromatic heterocycles. The van der Waals surface area contributed by atoms with Gasteiger partial charge in [-0.25, -0.2) is 4.98 Å². The first-order chi connectivity index (χ1) is 14.7. The molecular formula is C22H37N5O3. The SMILES string of the molecule is CN=C(NCc1ccc(N2CCOC(C)C2)nc1)N1CCC(OCCCOC)CC1. The predicted octanol–water partition coefficient (Wildman–Crippen LogP) is 1.90. The normalized spacial score (nSPS) is 21.2. The van der Waals surface area contributed by atoms with E-state index in [0.29, 0.717) is 12.6 Å². The molecule has 3 rings (SSSR count). The number of morpholine rings is 1. The molecule has 0 bridgehead atoms.